The lowest BCUT2D eigenvalue weighted by molar-refractivity contribution is -0.140. The number of halogens is 1. The molecule has 1 saturated carbocycles. The van der Waals surface area contributed by atoms with Crippen LogP contribution in [0.3, 0.4) is 0 Å². The van der Waals surface area contributed by atoms with E-state index >= 15 is 0 Å². The molecule has 1 aliphatic carbocycles. The summed E-state index contributed by atoms with van der Waals surface area (Å²) < 4.78 is 4.60. The molecule has 0 aromatic heterocycles. The first-order valence-electron chi connectivity index (χ1n) is 6.74. The van der Waals surface area contributed by atoms with Crippen LogP contribution in [0.2, 0.25) is 5.02 Å². The van der Waals surface area contributed by atoms with Gasteiger partial charge in [0.15, 0.2) is 0 Å². The Morgan fingerprint density at radius 1 is 1.37 bits per heavy atom. The number of ether oxygens (including phenoxy) is 1. The van der Waals surface area contributed by atoms with Crippen LogP contribution >= 0.6 is 11.6 Å². The number of benzene rings is 1. The van der Waals surface area contributed by atoms with E-state index in [4.69, 9.17) is 11.6 Å². The van der Waals surface area contributed by atoms with Crippen LogP contribution in [-0.2, 0) is 9.53 Å². The summed E-state index contributed by atoms with van der Waals surface area (Å²) in [7, 11) is 1.43. The first-order valence-corrected chi connectivity index (χ1v) is 7.12. The SMILES string of the molecule is COC(=O)CCCNC1CC(c2ccc(Cl)cc2)C1. The Hall–Kier alpha value is -1.06. The van der Waals surface area contributed by atoms with E-state index in [0.717, 1.165) is 18.0 Å². The van der Waals surface area contributed by atoms with Crippen LogP contribution in [-0.4, -0.2) is 25.7 Å². The molecule has 0 bridgehead atoms. The van der Waals surface area contributed by atoms with Crippen molar-refractivity contribution >= 4 is 17.6 Å². The highest BCUT2D eigenvalue weighted by molar-refractivity contribution is 6.30. The molecule has 2 rings (SSSR count). The Morgan fingerprint density at radius 2 is 2.05 bits per heavy atom. The largest absolute Gasteiger partial charge is 0.469 e. The van der Waals surface area contributed by atoms with E-state index in [1.165, 1.54) is 25.5 Å². The molecule has 0 radical (unpaired) electrons. The van der Waals surface area contributed by atoms with Crippen molar-refractivity contribution in [2.45, 2.75) is 37.6 Å². The van der Waals surface area contributed by atoms with Gasteiger partial charge in [-0.3, -0.25) is 4.79 Å². The maximum Gasteiger partial charge on any atom is 0.305 e. The maximum atomic E-state index is 10.9. The van der Waals surface area contributed by atoms with Crippen molar-refractivity contribution in [2.75, 3.05) is 13.7 Å². The van der Waals surface area contributed by atoms with Crippen molar-refractivity contribution < 1.29 is 9.53 Å². The summed E-state index contributed by atoms with van der Waals surface area (Å²) in [5, 5.41) is 4.27. The number of carbonyl (C=O) groups excluding carboxylic acids is 1. The minimum absolute atomic E-state index is 0.130. The standard InChI is InChI=1S/C15H20ClNO2/c1-19-15(18)3-2-8-17-14-9-12(10-14)11-4-6-13(16)7-5-11/h4-7,12,14,17H,2-3,8-10H2,1H3. The van der Waals surface area contributed by atoms with Crippen LogP contribution in [0.5, 0.6) is 0 Å². The minimum atomic E-state index is -0.130. The van der Waals surface area contributed by atoms with Crippen LogP contribution in [0.4, 0.5) is 0 Å². The van der Waals surface area contributed by atoms with Crippen molar-refractivity contribution in [3.05, 3.63) is 34.9 Å². The third-order valence-electron chi connectivity index (χ3n) is 3.70. The molecule has 0 aliphatic heterocycles. The molecular weight excluding hydrogens is 262 g/mol. The van der Waals surface area contributed by atoms with Gasteiger partial charge >= 0.3 is 5.97 Å². The van der Waals surface area contributed by atoms with Crippen LogP contribution in [0.15, 0.2) is 24.3 Å². The highest BCUT2D eigenvalue weighted by Crippen LogP contribution is 2.37. The van der Waals surface area contributed by atoms with Crippen LogP contribution in [0.25, 0.3) is 0 Å². The molecule has 0 spiro atoms. The van der Waals surface area contributed by atoms with Gasteiger partial charge < -0.3 is 10.1 Å². The monoisotopic (exact) mass is 281 g/mol. The molecule has 1 aliphatic rings. The van der Waals surface area contributed by atoms with Crippen LogP contribution in [0, 0.1) is 0 Å². The molecule has 1 N–H and O–H groups in total. The third kappa shape index (κ3) is 4.22. The Bertz CT molecular complexity index is 413. The number of hydrogen-bond donors (Lipinski definition) is 1. The van der Waals surface area contributed by atoms with E-state index in [9.17, 15) is 4.79 Å². The number of esters is 1. The highest BCUT2D eigenvalue weighted by atomic mass is 35.5. The van der Waals surface area contributed by atoms with Crippen LogP contribution < -0.4 is 5.32 Å². The zero-order chi connectivity index (χ0) is 13.7. The highest BCUT2D eigenvalue weighted by Gasteiger charge is 2.29. The minimum Gasteiger partial charge on any atom is -0.469 e. The van der Waals surface area contributed by atoms with Gasteiger partial charge in [0.2, 0.25) is 0 Å². The van der Waals surface area contributed by atoms with Gasteiger partial charge in [0.1, 0.15) is 0 Å². The number of methoxy groups -OCH3 is 1. The van der Waals surface area contributed by atoms with E-state index in [0.29, 0.717) is 18.4 Å². The molecule has 1 aromatic rings. The maximum absolute atomic E-state index is 10.9. The molecule has 3 nitrogen and oxygen atoms in total. The average Bonchev–Trinajstić information content (AvgIpc) is 2.37. The fourth-order valence-electron chi connectivity index (χ4n) is 2.43. The molecular formula is C15H20ClNO2. The quantitative estimate of drug-likeness (QED) is 0.643. The average molecular weight is 282 g/mol. The topological polar surface area (TPSA) is 38.3 Å². The number of rotatable bonds is 6. The second-order valence-electron chi connectivity index (χ2n) is 5.05. The van der Waals surface area contributed by atoms with Crippen molar-refractivity contribution in [2.24, 2.45) is 0 Å². The van der Waals surface area contributed by atoms with Gasteiger partial charge in [-0.1, -0.05) is 23.7 Å². The zero-order valence-corrected chi connectivity index (χ0v) is 12.0. The van der Waals surface area contributed by atoms with E-state index in [2.05, 4.69) is 22.2 Å². The number of nitrogens with one attached hydrogen (secondary N) is 1. The Labute approximate surface area is 119 Å². The summed E-state index contributed by atoms with van der Waals surface area (Å²) in [4.78, 5) is 10.9. The van der Waals surface area contributed by atoms with Crippen LogP contribution in [0.1, 0.15) is 37.2 Å². The molecule has 104 valence electrons. The number of hydrogen-bond acceptors (Lipinski definition) is 3. The molecule has 0 atom stereocenters. The molecule has 0 amide bonds. The summed E-state index contributed by atoms with van der Waals surface area (Å²) in [6, 6.07) is 8.71. The van der Waals surface area contributed by atoms with Gasteiger partial charge in [-0.05, 0) is 49.4 Å². The zero-order valence-electron chi connectivity index (χ0n) is 11.2. The predicted octanol–water partition coefficient (Wildman–Crippen LogP) is 3.13. The van der Waals surface area contributed by atoms with Gasteiger partial charge in [-0.25, -0.2) is 0 Å². The lowest BCUT2D eigenvalue weighted by Gasteiger charge is -2.36. The van der Waals surface area contributed by atoms with Crippen molar-refractivity contribution in [3.8, 4) is 0 Å². The molecule has 0 unspecified atom stereocenters. The molecule has 4 heteroatoms. The van der Waals surface area contributed by atoms with Crippen molar-refractivity contribution in [3.63, 3.8) is 0 Å². The molecule has 1 fully saturated rings. The van der Waals surface area contributed by atoms with Crippen molar-refractivity contribution in [1.82, 2.24) is 5.32 Å². The lowest BCUT2D eigenvalue weighted by atomic mass is 9.76. The molecule has 0 saturated heterocycles. The van der Waals surface area contributed by atoms with E-state index in [1.54, 1.807) is 0 Å². The van der Waals surface area contributed by atoms with E-state index < -0.39 is 0 Å². The van der Waals surface area contributed by atoms with Gasteiger partial charge in [0.05, 0.1) is 7.11 Å². The van der Waals surface area contributed by atoms with Gasteiger partial charge in [-0.2, -0.15) is 0 Å². The summed E-state index contributed by atoms with van der Waals surface area (Å²) in [5.74, 6) is 0.518. The normalized spacial score (nSPS) is 21.8. The summed E-state index contributed by atoms with van der Waals surface area (Å²) >= 11 is 5.88. The summed E-state index contributed by atoms with van der Waals surface area (Å²) in [5.41, 5.74) is 1.37. The Morgan fingerprint density at radius 3 is 2.68 bits per heavy atom. The Kier molecular flexibility index (Phi) is 5.23. The molecule has 1 aromatic carbocycles. The Balaban J connectivity index is 1.61. The van der Waals surface area contributed by atoms with Crippen molar-refractivity contribution in [1.29, 1.82) is 0 Å². The second kappa shape index (κ2) is 6.92. The molecule has 19 heavy (non-hydrogen) atoms. The summed E-state index contributed by atoms with van der Waals surface area (Å²) in [6.45, 7) is 0.882. The fraction of sp³-hybridized carbons (Fsp3) is 0.533. The van der Waals surface area contributed by atoms with E-state index in [1.807, 2.05) is 12.1 Å². The van der Waals surface area contributed by atoms with E-state index in [-0.39, 0.29) is 5.97 Å². The first-order chi connectivity index (χ1) is 9.19. The van der Waals surface area contributed by atoms with Gasteiger partial charge in [0.25, 0.3) is 0 Å². The third-order valence-corrected chi connectivity index (χ3v) is 3.95. The fourth-order valence-corrected chi connectivity index (χ4v) is 2.56. The second-order valence-corrected chi connectivity index (χ2v) is 5.49. The van der Waals surface area contributed by atoms with Gasteiger partial charge in [-0.15, -0.1) is 0 Å². The summed E-state index contributed by atoms with van der Waals surface area (Å²) in [6.07, 6.45) is 3.67. The smallest absolute Gasteiger partial charge is 0.305 e. The first kappa shape index (κ1) is 14.4. The van der Waals surface area contributed by atoms with Gasteiger partial charge in [0, 0.05) is 17.5 Å². The predicted molar refractivity (Wildman–Crippen MR) is 76.5 cm³/mol. The number of carbonyl (C=O) groups is 1. The lowest BCUT2D eigenvalue weighted by Crippen LogP contribution is -2.40. The molecule has 0 heterocycles.